The van der Waals surface area contributed by atoms with E-state index in [0.717, 1.165) is 12.1 Å². The number of carbonyl (C=O) groups excluding carboxylic acids is 1. The smallest absolute Gasteiger partial charge is 0.289 e. The van der Waals surface area contributed by atoms with Crippen molar-refractivity contribution in [3.05, 3.63) is 47.2 Å². The molecule has 5 heteroatoms. The number of hydrogen-bond acceptors (Lipinski definition) is 3. The highest BCUT2D eigenvalue weighted by molar-refractivity contribution is 6.33. The number of piperazine rings is 1. The second-order valence-electron chi connectivity index (χ2n) is 5.25. The molecule has 2 heterocycles. The predicted octanol–water partition coefficient (Wildman–Crippen LogP) is 3.03. The molecule has 0 saturated carbocycles. The third-order valence-corrected chi connectivity index (χ3v) is 3.94. The predicted molar refractivity (Wildman–Crippen MR) is 82.5 cm³/mol. The Hall–Kier alpha value is -1.78. The molecule has 0 aliphatic carbocycles. The highest BCUT2D eigenvalue weighted by Crippen LogP contribution is 2.29. The van der Waals surface area contributed by atoms with Crippen LogP contribution in [0.1, 0.15) is 17.5 Å². The molecule has 2 aromatic rings. The molecular formula is C16H17ClN2O2. The van der Waals surface area contributed by atoms with Crippen molar-refractivity contribution in [1.29, 1.82) is 0 Å². The van der Waals surface area contributed by atoms with Gasteiger partial charge in [0.15, 0.2) is 5.76 Å². The number of carbonyl (C=O) groups is 1. The summed E-state index contributed by atoms with van der Waals surface area (Å²) >= 11 is 6.15. The first-order valence-electron chi connectivity index (χ1n) is 7.02. The molecule has 3 rings (SSSR count). The average Bonchev–Trinajstić information content (AvgIpc) is 2.96. The highest BCUT2D eigenvalue weighted by Gasteiger charge is 2.24. The summed E-state index contributed by atoms with van der Waals surface area (Å²) < 4.78 is 5.70. The van der Waals surface area contributed by atoms with E-state index < -0.39 is 0 Å². The molecule has 1 unspecified atom stereocenters. The second kappa shape index (κ2) is 5.92. The standard InChI is InChI=1S/C16H17ClN2O2/c1-11-10-19(9-8-18-11)16(20)15-7-6-14(21-15)12-4-2-3-5-13(12)17/h2-7,11,18H,8-10H2,1H3. The van der Waals surface area contributed by atoms with Gasteiger partial charge in [-0.1, -0.05) is 23.7 Å². The maximum Gasteiger partial charge on any atom is 0.289 e. The maximum atomic E-state index is 12.4. The van der Waals surface area contributed by atoms with Gasteiger partial charge in [0.1, 0.15) is 5.76 Å². The van der Waals surface area contributed by atoms with Crippen LogP contribution in [-0.2, 0) is 0 Å². The van der Waals surface area contributed by atoms with E-state index in [2.05, 4.69) is 12.2 Å². The lowest BCUT2D eigenvalue weighted by atomic mass is 10.2. The van der Waals surface area contributed by atoms with Crippen molar-refractivity contribution in [3.63, 3.8) is 0 Å². The van der Waals surface area contributed by atoms with E-state index >= 15 is 0 Å². The summed E-state index contributed by atoms with van der Waals surface area (Å²) in [7, 11) is 0. The van der Waals surface area contributed by atoms with E-state index in [1.165, 1.54) is 0 Å². The molecule has 1 atom stereocenters. The van der Waals surface area contributed by atoms with Crippen LogP contribution in [-0.4, -0.2) is 36.5 Å². The Labute approximate surface area is 128 Å². The molecule has 1 aliphatic rings. The van der Waals surface area contributed by atoms with Gasteiger partial charge in [-0.3, -0.25) is 4.79 Å². The van der Waals surface area contributed by atoms with Crippen molar-refractivity contribution < 1.29 is 9.21 Å². The molecular weight excluding hydrogens is 288 g/mol. The third-order valence-electron chi connectivity index (χ3n) is 3.61. The Kier molecular flexibility index (Phi) is 3.99. The number of nitrogens with one attached hydrogen (secondary N) is 1. The largest absolute Gasteiger partial charge is 0.451 e. The molecule has 4 nitrogen and oxygen atoms in total. The lowest BCUT2D eigenvalue weighted by Crippen LogP contribution is -2.51. The SMILES string of the molecule is CC1CN(C(=O)c2ccc(-c3ccccc3Cl)o2)CCN1. The van der Waals surface area contributed by atoms with Gasteiger partial charge < -0.3 is 14.6 Å². The zero-order chi connectivity index (χ0) is 14.8. The molecule has 110 valence electrons. The fraction of sp³-hybridized carbons (Fsp3) is 0.312. The summed E-state index contributed by atoms with van der Waals surface area (Å²) in [5.41, 5.74) is 0.798. The lowest BCUT2D eigenvalue weighted by Gasteiger charge is -2.31. The first kappa shape index (κ1) is 14.2. The van der Waals surface area contributed by atoms with Crippen LogP contribution in [0, 0.1) is 0 Å². The van der Waals surface area contributed by atoms with E-state index in [1.807, 2.05) is 23.1 Å². The minimum atomic E-state index is -0.0679. The van der Waals surface area contributed by atoms with Gasteiger partial charge in [0.2, 0.25) is 0 Å². The van der Waals surface area contributed by atoms with Gasteiger partial charge in [-0.15, -0.1) is 0 Å². The molecule has 1 amide bonds. The zero-order valence-corrected chi connectivity index (χ0v) is 12.6. The Morgan fingerprint density at radius 3 is 2.90 bits per heavy atom. The number of halogens is 1. The lowest BCUT2D eigenvalue weighted by molar-refractivity contribution is 0.0678. The van der Waals surface area contributed by atoms with Crippen molar-refractivity contribution in [1.82, 2.24) is 10.2 Å². The molecule has 21 heavy (non-hydrogen) atoms. The van der Waals surface area contributed by atoms with Crippen LogP contribution in [0.5, 0.6) is 0 Å². The second-order valence-corrected chi connectivity index (χ2v) is 5.66. The van der Waals surface area contributed by atoms with Gasteiger partial charge in [0, 0.05) is 31.2 Å². The van der Waals surface area contributed by atoms with E-state index in [4.69, 9.17) is 16.0 Å². The maximum absolute atomic E-state index is 12.4. The minimum absolute atomic E-state index is 0.0679. The number of rotatable bonds is 2. The fourth-order valence-corrected chi connectivity index (χ4v) is 2.76. The summed E-state index contributed by atoms with van der Waals surface area (Å²) in [4.78, 5) is 14.3. The Morgan fingerprint density at radius 2 is 2.14 bits per heavy atom. The first-order chi connectivity index (χ1) is 10.1. The third kappa shape index (κ3) is 2.96. The summed E-state index contributed by atoms with van der Waals surface area (Å²) in [5, 5.41) is 3.93. The average molecular weight is 305 g/mol. The number of nitrogens with zero attached hydrogens (tertiary/aromatic N) is 1. The quantitative estimate of drug-likeness (QED) is 0.927. The van der Waals surface area contributed by atoms with Crippen molar-refractivity contribution in [2.75, 3.05) is 19.6 Å². The molecule has 1 aromatic carbocycles. The van der Waals surface area contributed by atoms with Crippen LogP contribution < -0.4 is 5.32 Å². The van der Waals surface area contributed by atoms with Crippen LogP contribution in [0.25, 0.3) is 11.3 Å². The van der Waals surface area contributed by atoms with Crippen LogP contribution in [0.15, 0.2) is 40.8 Å². The molecule has 1 fully saturated rings. The van der Waals surface area contributed by atoms with Gasteiger partial charge in [-0.05, 0) is 31.2 Å². The van der Waals surface area contributed by atoms with E-state index in [0.29, 0.717) is 35.7 Å². The summed E-state index contributed by atoms with van der Waals surface area (Å²) in [6.45, 7) is 4.27. The topological polar surface area (TPSA) is 45.5 Å². The van der Waals surface area contributed by atoms with Crippen molar-refractivity contribution in [3.8, 4) is 11.3 Å². The van der Waals surface area contributed by atoms with Crippen molar-refractivity contribution >= 4 is 17.5 Å². The molecule has 1 saturated heterocycles. The normalized spacial score (nSPS) is 18.8. The van der Waals surface area contributed by atoms with Crippen molar-refractivity contribution in [2.45, 2.75) is 13.0 Å². The molecule has 0 bridgehead atoms. The Morgan fingerprint density at radius 1 is 1.33 bits per heavy atom. The van der Waals surface area contributed by atoms with Gasteiger partial charge in [0.05, 0.1) is 5.02 Å². The van der Waals surface area contributed by atoms with Crippen molar-refractivity contribution in [2.24, 2.45) is 0 Å². The van der Waals surface area contributed by atoms with Gasteiger partial charge in [0.25, 0.3) is 5.91 Å². The van der Waals surface area contributed by atoms with E-state index in [9.17, 15) is 4.79 Å². The first-order valence-corrected chi connectivity index (χ1v) is 7.40. The summed E-state index contributed by atoms with van der Waals surface area (Å²) in [6, 6.07) is 11.3. The van der Waals surface area contributed by atoms with Crippen LogP contribution >= 0.6 is 11.6 Å². The van der Waals surface area contributed by atoms with Gasteiger partial charge in [-0.2, -0.15) is 0 Å². The number of hydrogen-bond donors (Lipinski definition) is 1. The van der Waals surface area contributed by atoms with Crippen LogP contribution in [0.4, 0.5) is 0 Å². The Balaban J connectivity index is 1.82. The summed E-state index contributed by atoms with van der Waals surface area (Å²) in [6.07, 6.45) is 0. The fourth-order valence-electron chi connectivity index (χ4n) is 2.53. The van der Waals surface area contributed by atoms with Gasteiger partial charge in [-0.25, -0.2) is 0 Å². The van der Waals surface area contributed by atoms with E-state index in [1.54, 1.807) is 18.2 Å². The summed E-state index contributed by atoms with van der Waals surface area (Å²) in [5.74, 6) is 0.910. The molecule has 1 aliphatic heterocycles. The van der Waals surface area contributed by atoms with Crippen LogP contribution in [0.2, 0.25) is 5.02 Å². The number of benzene rings is 1. The molecule has 0 spiro atoms. The highest BCUT2D eigenvalue weighted by atomic mass is 35.5. The van der Waals surface area contributed by atoms with Crippen LogP contribution in [0.3, 0.4) is 0 Å². The van der Waals surface area contributed by atoms with Gasteiger partial charge >= 0.3 is 0 Å². The van der Waals surface area contributed by atoms with E-state index in [-0.39, 0.29) is 5.91 Å². The molecule has 1 aromatic heterocycles. The Bertz CT molecular complexity index is 653. The monoisotopic (exact) mass is 304 g/mol. The minimum Gasteiger partial charge on any atom is -0.451 e. The zero-order valence-electron chi connectivity index (χ0n) is 11.8. The number of furan rings is 1. The molecule has 0 radical (unpaired) electrons. The molecule has 1 N–H and O–H groups in total. The number of amides is 1.